The van der Waals surface area contributed by atoms with Crippen LogP contribution in [0.15, 0.2) is 53.4 Å². The summed E-state index contributed by atoms with van der Waals surface area (Å²) in [5, 5.41) is 5.53. The van der Waals surface area contributed by atoms with Gasteiger partial charge in [-0.2, -0.15) is 0 Å². The van der Waals surface area contributed by atoms with Crippen LogP contribution in [0.4, 0.5) is 9.59 Å². The van der Waals surface area contributed by atoms with Crippen LogP contribution in [-0.4, -0.2) is 82.6 Å². The molecule has 14 nitrogen and oxygen atoms in total. The molecule has 17 heteroatoms. The number of carbonyl (C=O) groups excluding carboxylic acids is 3. The third-order valence-corrected chi connectivity index (χ3v) is 10.3. The first kappa shape index (κ1) is 40.1. The van der Waals surface area contributed by atoms with Gasteiger partial charge in [-0.1, -0.05) is 23.7 Å². The van der Waals surface area contributed by atoms with Gasteiger partial charge in [0.1, 0.15) is 37.3 Å². The lowest BCUT2D eigenvalue weighted by Crippen LogP contribution is -2.49. The second kappa shape index (κ2) is 17.0. The van der Waals surface area contributed by atoms with Crippen LogP contribution >= 0.6 is 19.2 Å². The predicted molar refractivity (Wildman–Crippen MR) is 180 cm³/mol. The van der Waals surface area contributed by atoms with Gasteiger partial charge < -0.3 is 34.1 Å². The molecule has 6 atom stereocenters. The van der Waals surface area contributed by atoms with Crippen molar-refractivity contribution >= 4 is 47.2 Å². The maximum Gasteiger partial charge on any atom is 0.407 e. The van der Waals surface area contributed by atoms with Gasteiger partial charge in [-0.3, -0.25) is 9.32 Å². The molecule has 0 aromatic heterocycles. The molecule has 1 aliphatic rings. The summed E-state index contributed by atoms with van der Waals surface area (Å²) in [6.45, 7) is 11.3. The largest absolute Gasteiger partial charge is 0.462 e. The highest BCUT2D eigenvalue weighted by Gasteiger charge is 2.48. The van der Waals surface area contributed by atoms with Crippen LogP contribution in [0.3, 0.4) is 0 Å². The molecule has 272 valence electrons. The maximum absolute atomic E-state index is 13.7. The molecule has 0 saturated carbocycles. The summed E-state index contributed by atoms with van der Waals surface area (Å²) in [5.74, 6) is -0.824. The Kier molecular flexibility index (Phi) is 13.9. The van der Waals surface area contributed by atoms with Gasteiger partial charge in [0.2, 0.25) is 0 Å². The molecule has 4 unspecified atom stereocenters. The summed E-state index contributed by atoms with van der Waals surface area (Å²) in [7, 11) is -7.75. The van der Waals surface area contributed by atoms with E-state index in [1.165, 1.54) is 50.0 Å². The smallest absolute Gasteiger partial charge is 0.407 e. The van der Waals surface area contributed by atoms with Crippen molar-refractivity contribution in [2.24, 2.45) is 5.41 Å². The number of alkyl carbamates (subject to hydrolysis) is 2. The highest BCUT2D eigenvalue weighted by Crippen LogP contribution is 2.48. The lowest BCUT2D eigenvalue weighted by atomic mass is 9.97. The SMILES string of the molecule is CCNC(=O)OCc1ccc(OP(C)(=O)OC2C(NC(=O)OC(C)CS(=O)(=O)c3ccc(Cl)cc3)[C@H](C)O[C@@H]2COC(=O)C(C)(C)C)cc1. The van der Waals surface area contributed by atoms with Crippen molar-refractivity contribution in [2.75, 3.05) is 25.6 Å². The zero-order valence-corrected chi connectivity index (χ0v) is 30.9. The number of carbonyl (C=O) groups is 3. The predicted octanol–water partition coefficient (Wildman–Crippen LogP) is 5.51. The van der Waals surface area contributed by atoms with Crippen molar-refractivity contribution in [3.63, 3.8) is 0 Å². The molecule has 1 heterocycles. The number of ether oxygens (including phenoxy) is 4. The van der Waals surface area contributed by atoms with Gasteiger partial charge in [-0.05, 0) is 83.5 Å². The Morgan fingerprint density at radius 1 is 1.02 bits per heavy atom. The van der Waals surface area contributed by atoms with Gasteiger partial charge in [0.25, 0.3) is 0 Å². The Morgan fingerprint density at radius 2 is 1.65 bits per heavy atom. The number of halogens is 1. The van der Waals surface area contributed by atoms with Crippen LogP contribution in [0.2, 0.25) is 5.02 Å². The molecule has 1 fully saturated rings. The summed E-state index contributed by atoms with van der Waals surface area (Å²) in [5.41, 5.74) is -0.160. The molecule has 2 amide bonds. The Morgan fingerprint density at radius 3 is 2.24 bits per heavy atom. The fourth-order valence-corrected chi connectivity index (χ4v) is 7.45. The number of sulfone groups is 1. The highest BCUT2D eigenvalue weighted by molar-refractivity contribution is 7.91. The van der Waals surface area contributed by atoms with E-state index in [2.05, 4.69) is 10.6 Å². The van der Waals surface area contributed by atoms with Crippen LogP contribution < -0.4 is 15.2 Å². The van der Waals surface area contributed by atoms with Crippen molar-refractivity contribution in [1.82, 2.24) is 10.6 Å². The van der Waals surface area contributed by atoms with Crippen LogP contribution in [0.25, 0.3) is 0 Å². The first-order chi connectivity index (χ1) is 22.8. The van der Waals surface area contributed by atoms with Gasteiger partial charge in [0.05, 0.1) is 28.2 Å². The standard InChI is InChI=1S/C32H44ClN2O12PS/c1-8-34-30(37)43-17-22-9-13-24(14-10-22)46-48(7,39)47-28-26(18-42-29(36)32(4,5)6)45-21(3)27(28)35-31(38)44-20(2)19-49(40,41)25-15-11-23(33)12-16-25/h9-16,20-21,26-28H,8,17-19H2,1-7H3,(H,34,37)(H,35,38)/t20?,21-,26+,27?,28?,48?/m0/s1. The average molecular weight is 747 g/mol. The fraction of sp³-hybridized carbons (Fsp3) is 0.531. The molecule has 2 aromatic rings. The summed E-state index contributed by atoms with van der Waals surface area (Å²) in [6.07, 6.45) is -5.46. The first-order valence-electron chi connectivity index (χ1n) is 15.5. The number of nitrogens with one attached hydrogen (secondary N) is 2. The Hall–Kier alpha value is -3.36. The van der Waals surface area contributed by atoms with Gasteiger partial charge in [-0.25, -0.2) is 22.6 Å². The van der Waals surface area contributed by atoms with Crippen molar-refractivity contribution in [2.45, 2.75) is 83.5 Å². The molecule has 2 N–H and O–H groups in total. The van der Waals surface area contributed by atoms with Crippen LogP contribution in [-0.2, 0) is 49.3 Å². The van der Waals surface area contributed by atoms with Crippen molar-refractivity contribution < 1.29 is 55.4 Å². The molecule has 1 saturated heterocycles. The zero-order chi connectivity index (χ0) is 36.6. The summed E-state index contributed by atoms with van der Waals surface area (Å²) in [4.78, 5) is 37.1. The quantitative estimate of drug-likeness (QED) is 0.141. The minimum atomic E-state index is -3.93. The number of benzene rings is 2. The molecule has 0 bridgehead atoms. The van der Waals surface area contributed by atoms with Crippen molar-refractivity contribution in [3.05, 3.63) is 59.1 Å². The molecule has 3 rings (SSSR count). The van der Waals surface area contributed by atoms with Gasteiger partial charge in [0, 0.05) is 18.2 Å². The Labute approximate surface area is 291 Å². The average Bonchev–Trinajstić information content (AvgIpc) is 3.27. The number of rotatable bonds is 14. The number of amides is 2. The van der Waals surface area contributed by atoms with Crippen LogP contribution in [0.5, 0.6) is 5.75 Å². The van der Waals surface area contributed by atoms with E-state index in [1.807, 2.05) is 0 Å². The second-order valence-electron chi connectivity index (χ2n) is 12.5. The third kappa shape index (κ3) is 12.5. The van der Waals surface area contributed by atoms with Crippen molar-refractivity contribution in [3.8, 4) is 5.75 Å². The van der Waals surface area contributed by atoms with Crippen molar-refractivity contribution in [1.29, 1.82) is 0 Å². The molecule has 0 spiro atoms. The van der Waals surface area contributed by atoms with E-state index < -0.39 is 77.2 Å². The topological polar surface area (TPSA) is 182 Å². The Bertz CT molecular complexity index is 1600. The normalized spacial score (nSPS) is 21.1. The molecule has 2 aromatic carbocycles. The van der Waals surface area contributed by atoms with E-state index in [0.29, 0.717) is 17.1 Å². The van der Waals surface area contributed by atoms with E-state index in [1.54, 1.807) is 46.8 Å². The molecule has 1 aliphatic heterocycles. The summed E-state index contributed by atoms with van der Waals surface area (Å²) < 4.78 is 72.9. The molecular weight excluding hydrogens is 703 g/mol. The van der Waals surface area contributed by atoms with E-state index in [-0.39, 0.29) is 23.9 Å². The maximum atomic E-state index is 13.7. The molecule has 49 heavy (non-hydrogen) atoms. The lowest BCUT2D eigenvalue weighted by Gasteiger charge is -2.28. The molecular formula is C32H44ClN2O12PS. The fourth-order valence-electron chi connectivity index (χ4n) is 4.64. The highest BCUT2D eigenvalue weighted by atomic mass is 35.5. The Balaban J connectivity index is 1.72. The zero-order valence-electron chi connectivity index (χ0n) is 28.5. The van der Waals surface area contributed by atoms with E-state index in [0.717, 1.165) is 0 Å². The number of esters is 1. The summed E-state index contributed by atoms with van der Waals surface area (Å²) >= 11 is 5.86. The summed E-state index contributed by atoms with van der Waals surface area (Å²) in [6, 6.07) is 10.9. The number of hydrogen-bond donors (Lipinski definition) is 2. The minimum absolute atomic E-state index is 0.00773. The minimum Gasteiger partial charge on any atom is -0.462 e. The van der Waals surface area contributed by atoms with E-state index in [9.17, 15) is 27.4 Å². The van der Waals surface area contributed by atoms with Gasteiger partial charge in [0.15, 0.2) is 9.84 Å². The lowest BCUT2D eigenvalue weighted by molar-refractivity contribution is -0.158. The molecule has 0 aliphatic carbocycles. The monoisotopic (exact) mass is 746 g/mol. The number of hydrogen-bond acceptors (Lipinski definition) is 12. The van der Waals surface area contributed by atoms with E-state index >= 15 is 0 Å². The molecule has 0 radical (unpaired) electrons. The van der Waals surface area contributed by atoms with Gasteiger partial charge >= 0.3 is 25.8 Å². The third-order valence-electron chi connectivity index (χ3n) is 7.03. The van der Waals surface area contributed by atoms with Crippen LogP contribution in [0.1, 0.15) is 47.1 Å². The van der Waals surface area contributed by atoms with Crippen LogP contribution in [0, 0.1) is 5.41 Å². The van der Waals surface area contributed by atoms with E-state index in [4.69, 9.17) is 39.6 Å². The van der Waals surface area contributed by atoms with Gasteiger partial charge in [-0.15, -0.1) is 0 Å². The second-order valence-corrected chi connectivity index (χ2v) is 16.9. The first-order valence-corrected chi connectivity index (χ1v) is 19.5.